The van der Waals surface area contributed by atoms with Gasteiger partial charge in [0, 0.05) is 18.7 Å². The highest BCUT2D eigenvalue weighted by molar-refractivity contribution is 7.12. The zero-order chi connectivity index (χ0) is 22.2. The molecule has 2 heterocycles. The number of amides is 1. The third-order valence-electron chi connectivity index (χ3n) is 5.00. The number of hydrogen-bond acceptors (Lipinski definition) is 7. The van der Waals surface area contributed by atoms with Crippen LogP contribution in [0.2, 0.25) is 0 Å². The molecule has 1 atom stereocenters. The number of anilines is 1. The Morgan fingerprint density at radius 1 is 1.10 bits per heavy atom. The number of thiophene rings is 1. The van der Waals surface area contributed by atoms with Gasteiger partial charge in [-0.3, -0.25) is 14.4 Å². The van der Waals surface area contributed by atoms with E-state index in [4.69, 9.17) is 9.47 Å². The van der Waals surface area contributed by atoms with Crippen molar-refractivity contribution in [1.29, 1.82) is 0 Å². The lowest BCUT2D eigenvalue weighted by Gasteiger charge is -2.17. The van der Waals surface area contributed by atoms with Gasteiger partial charge < -0.3 is 14.4 Å². The summed E-state index contributed by atoms with van der Waals surface area (Å²) >= 11 is 1.29. The molecule has 1 saturated heterocycles. The van der Waals surface area contributed by atoms with Crippen molar-refractivity contribution in [2.24, 2.45) is 5.92 Å². The molecule has 1 aromatic carbocycles. The second-order valence-electron chi connectivity index (χ2n) is 7.30. The van der Waals surface area contributed by atoms with E-state index >= 15 is 0 Å². The van der Waals surface area contributed by atoms with Gasteiger partial charge in [-0.2, -0.15) is 0 Å². The summed E-state index contributed by atoms with van der Waals surface area (Å²) in [6.45, 7) is 2.30. The fraction of sp³-hybridized carbons (Fsp3) is 0.391. The SMILES string of the molecule is CCCCCOC(=O)c1ccc(N2C[C@@H](C(=O)OCC(=O)c3cccs3)CC2=O)cc1. The highest BCUT2D eigenvalue weighted by Crippen LogP contribution is 2.26. The Labute approximate surface area is 185 Å². The lowest BCUT2D eigenvalue weighted by molar-refractivity contribution is -0.147. The molecule has 1 amide bonds. The number of carbonyl (C=O) groups is 4. The molecule has 31 heavy (non-hydrogen) atoms. The summed E-state index contributed by atoms with van der Waals surface area (Å²) in [7, 11) is 0. The van der Waals surface area contributed by atoms with Crippen molar-refractivity contribution in [3.63, 3.8) is 0 Å². The van der Waals surface area contributed by atoms with Crippen molar-refractivity contribution in [3.8, 4) is 0 Å². The Balaban J connectivity index is 1.51. The Kier molecular flexibility index (Phi) is 7.94. The fourth-order valence-electron chi connectivity index (χ4n) is 3.26. The summed E-state index contributed by atoms with van der Waals surface area (Å²) in [5.74, 6) is -2.06. The number of hydrogen-bond donors (Lipinski definition) is 0. The molecule has 1 aliphatic heterocycles. The van der Waals surface area contributed by atoms with Crippen LogP contribution in [0.1, 0.15) is 52.6 Å². The van der Waals surface area contributed by atoms with E-state index in [1.165, 1.54) is 16.2 Å². The molecule has 8 heteroatoms. The minimum atomic E-state index is -0.633. The standard InChI is InChI=1S/C23H25NO6S/c1-2-3-4-11-29-22(27)16-7-9-18(10-8-16)24-14-17(13-21(24)26)23(28)30-15-19(25)20-6-5-12-31-20/h5-10,12,17H,2-4,11,13-15H2,1H3/t17-/m0/s1. The van der Waals surface area contributed by atoms with Crippen LogP contribution in [0, 0.1) is 5.92 Å². The zero-order valence-corrected chi connectivity index (χ0v) is 18.2. The summed E-state index contributed by atoms with van der Waals surface area (Å²) in [4.78, 5) is 50.8. The zero-order valence-electron chi connectivity index (χ0n) is 17.4. The van der Waals surface area contributed by atoms with Crippen LogP contribution in [0.3, 0.4) is 0 Å². The van der Waals surface area contributed by atoms with Gasteiger partial charge in [0.05, 0.1) is 23.0 Å². The summed E-state index contributed by atoms with van der Waals surface area (Å²) in [6, 6.07) is 9.96. The summed E-state index contributed by atoms with van der Waals surface area (Å²) in [6.07, 6.45) is 2.91. The summed E-state index contributed by atoms with van der Waals surface area (Å²) in [5.41, 5.74) is 1.01. The van der Waals surface area contributed by atoms with E-state index in [2.05, 4.69) is 6.92 Å². The Bertz CT molecular complexity index is 922. The molecule has 0 unspecified atom stereocenters. The van der Waals surface area contributed by atoms with Crippen LogP contribution in [-0.2, 0) is 19.1 Å². The maximum Gasteiger partial charge on any atom is 0.338 e. The average Bonchev–Trinajstić information content (AvgIpc) is 3.45. The van der Waals surface area contributed by atoms with E-state index in [-0.39, 0.29) is 31.3 Å². The van der Waals surface area contributed by atoms with Crippen molar-refractivity contribution < 1.29 is 28.7 Å². The number of unbranched alkanes of at least 4 members (excludes halogenated alkanes) is 2. The number of esters is 2. The number of carbonyl (C=O) groups excluding carboxylic acids is 4. The maximum absolute atomic E-state index is 12.4. The predicted molar refractivity (Wildman–Crippen MR) is 116 cm³/mol. The number of nitrogens with zero attached hydrogens (tertiary/aromatic N) is 1. The maximum atomic E-state index is 12.4. The minimum absolute atomic E-state index is 0.0211. The molecule has 0 N–H and O–H groups in total. The Hall–Kier alpha value is -3.00. The summed E-state index contributed by atoms with van der Waals surface area (Å²) in [5, 5.41) is 1.78. The first-order valence-corrected chi connectivity index (χ1v) is 11.2. The lowest BCUT2D eigenvalue weighted by atomic mass is 10.1. The van der Waals surface area contributed by atoms with Crippen molar-refractivity contribution in [1.82, 2.24) is 0 Å². The first kappa shape index (κ1) is 22.7. The van der Waals surface area contributed by atoms with Crippen molar-refractivity contribution in [2.45, 2.75) is 32.6 Å². The van der Waals surface area contributed by atoms with Crippen LogP contribution >= 0.6 is 11.3 Å². The third kappa shape index (κ3) is 6.01. The molecule has 0 bridgehead atoms. The molecule has 1 aliphatic rings. The molecule has 0 radical (unpaired) electrons. The first-order chi connectivity index (χ1) is 15.0. The van der Waals surface area contributed by atoms with Crippen LogP contribution in [-0.4, -0.2) is 43.4 Å². The molecule has 0 spiro atoms. The largest absolute Gasteiger partial charge is 0.462 e. The second kappa shape index (κ2) is 10.9. The van der Waals surface area contributed by atoms with E-state index in [1.54, 1.807) is 41.8 Å². The molecular formula is C23H25NO6S. The molecule has 1 fully saturated rings. The summed E-state index contributed by atoms with van der Waals surface area (Å²) < 4.78 is 10.4. The number of ketones is 1. The molecule has 7 nitrogen and oxygen atoms in total. The van der Waals surface area contributed by atoms with Gasteiger partial charge in [-0.05, 0) is 42.1 Å². The fourth-order valence-corrected chi connectivity index (χ4v) is 3.91. The van der Waals surface area contributed by atoms with Gasteiger partial charge in [0.15, 0.2) is 6.61 Å². The van der Waals surface area contributed by atoms with Gasteiger partial charge in [0.25, 0.3) is 0 Å². The minimum Gasteiger partial charge on any atom is -0.462 e. The monoisotopic (exact) mass is 443 g/mol. The molecular weight excluding hydrogens is 418 g/mol. The Morgan fingerprint density at radius 3 is 2.55 bits per heavy atom. The number of benzene rings is 1. The van der Waals surface area contributed by atoms with Crippen molar-refractivity contribution >= 4 is 40.7 Å². The van der Waals surface area contributed by atoms with Gasteiger partial charge in [-0.25, -0.2) is 4.79 Å². The van der Waals surface area contributed by atoms with E-state index in [0.29, 0.717) is 22.7 Å². The van der Waals surface area contributed by atoms with Gasteiger partial charge in [-0.15, -0.1) is 11.3 Å². The van der Waals surface area contributed by atoms with Gasteiger partial charge in [-0.1, -0.05) is 25.8 Å². The lowest BCUT2D eigenvalue weighted by Crippen LogP contribution is -2.27. The van der Waals surface area contributed by atoms with Crippen LogP contribution in [0.4, 0.5) is 5.69 Å². The number of rotatable bonds is 10. The first-order valence-electron chi connectivity index (χ1n) is 10.3. The van der Waals surface area contributed by atoms with E-state index in [1.807, 2.05) is 0 Å². The van der Waals surface area contributed by atoms with Gasteiger partial charge in [0.2, 0.25) is 11.7 Å². The van der Waals surface area contributed by atoms with E-state index in [0.717, 1.165) is 19.3 Å². The third-order valence-corrected chi connectivity index (χ3v) is 5.91. The van der Waals surface area contributed by atoms with Gasteiger partial charge in [0.1, 0.15) is 0 Å². The smallest absolute Gasteiger partial charge is 0.338 e. The predicted octanol–water partition coefficient (Wildman–Crippen LogP) is 3.87. The van der Waals surface area contributed by atoms with Crippen LogP contribution < -0.4 is 4.90 Å². The highest BCUT2D eigenvalue weighted by atomic mass is 32.1. The quantitative estimate of drug-likeness (QED) is 0.315. The highest BCUT2D eigenvalue weighted by Gasteiger charge is 2.36. The normalized spacial score (nSPS) is 15.7. The van der Waals surface area contributed by atoms with Crippen molar-refractivity contribution in [3.05, 3.63) is 52.2 Å². The van der Waals surface area contributed by atoms with Crippen LogP contribution in [0.25, 0.3) is 0 Å². The topological polar surface area (TPSA) is 90.0 Å². The second-order valence-corrected chi connectivity index (χ2v) is 8.25. The molecule has 0 saturated carbocycles. The molecule has 3 rings (SSSR count). The van der Waals surface area contributed by atoms with Crippen molar-refractivity contribution in [2.75, 3.05) is 24.7 Å². The number of ether oxygens (including phenoxy) is 2. The molecule has 2 aromatic rings. The van der Waals surface area contributed by atoms with E-state index in [9.17, 15) is 19.2 Å². The molecule has 164 valence electrons. The van der Waals surface area contributed by atoms with Crippen LogP contribution in [0.15, 0.2) is 41.8 Å². The average molecular weight is 444 g/mol. The Morgan fingerprint density at radius 2 is 1.87 bits per heavy atom. The number of Topliss-reactive ketones (excluding diaryl/α,β-unsaturated/α-hetero) is 1. The van der Waals surface area contributed by atoms with Crippen LogP contribution in [0.5, 0.6) is 0 Å². The van der Waals surface area contributed by atoms with Gasteiger partial charge >= 0.3 is 11.9 Å². The molecule has 1 aromatic heterocycles. The molecule has 0 aliphatic carbocycles. The van der Waals surface area contributed by atoms with E-state index < -0.39 is 17.9 Å².